The Morgan fingerprint density at radius 3 is 2.75 bits per heavy atom. The van der Waals surface area contributed by atoms with Crippen molar-refractivity contribution in [3.8, 4) is 5.75 Å². The molecule has 0 amide bonds. The Balaban J connectivity index is 1.91. The maximum Gasteiger partial charge on any atom is 0.297 e. The van der Waals surface area contributed by atoms with Crippen LogP contribution in [0, 0.1) is 13.8 Å². The topological polar surface area (TPSA) is 55.6 Å². The molecule has 0 atom stereocenters. The monoisotopic (exact) mass is 274 g/mol. The van der Waals surface area contributed by atoms with Gasteiger partial charge in [0.05, 0.1) is 17.8 Å². The SMILES string of the molecule is Cc1nc(N(C)CCOc2ccccc2C=O)oc1C. The number of aldehydes is 1. The largest absolute Gasteiger partial charge is 0.491 e. The minimum absolute atomic E-state index is 0.446. The van der Waals surface area contributed by atoms with E-state index < -0.39 is 0 Å². The third kappa shape index (κ3) is 3.17. The molecule has 0 unspecified atom stereocenters. The standard InChI is InChI=1S/C15H18N2O3/c1-11-12(2)20-15(16-11)17(3)8-9-19-14-7-5-4-6-13(14)10-18/h4-7,10H,8-9H2,1-3H3. The van der Waals surface area contributed by atoms with Gasteiger partial charge < -0.3 is 14.1 Å². The molecule has 0 aliphatic rings. The number of aromatic nitrogens is 1. The zero-order valence-electron chi connectivity index (χ0n) is 11.9. The molecule has 0 saturated heterocycles. The van der Waals surface area contributed by atoms with Crippen molar-refractivity contribution in [3.05, 3.63) is 41.3 Å². The van der Waals surface area contributed by atoms with E-state index in [1.807, 2.05) is 31.9 Å². The number of carbonyl (C=O) groups is 1. The molecule has 1 aromatic carbocycles. The summed E-state index contributed by atoms with van der Waals surface area (Å²) in [4.78, 5) is 17.1. The van der Waals surface area contributed by atoms with Crippen molar-refractivity contribution in [1.82, 2.24) is 4.98 Å². The van der Waals surface area contributed by atoms with Crippen LogP contribution in [0.15, 0.2) is 28.7 Å². The average Bonchev–Trinajstić information content (AvgIpc) is 2.79. The summed E-state index contributed by atoms with van der Waals surface area (Å²) in [5.41, 5.74) is 1.44. The van der Waals surface area contributed by atoms with Crippen LogP contribution < -0.4 is 9.64 Å². The van der Waals surface area contributed by atoms with Gasteiger partial charge in [-0.25, -0.2) is 0 Å². The van der Waals surface area contributed by atoms with E-state index in [0.717, 1.165) is 17.7 Å². The van der Waals surface area contributed by atoms with Crippen molar-refractivity contribution in [2.75, 3.05) is 25.1 Å². The van der Waals surface area contributed by atoms with Gasteiger partial charge in [-0.15, -0.1) is 0 Å². The van der Waals surface area contributed by atoms with Crippen molar-refractivity contribution in [2.24, 2.45) is 0 Å². The van der Waals surface area contributed by atoms with Gasteiger partial charge in [-0.1, -0.05) is 12.1 Å². The van der Waals surface area contributed by atoms with Gasteiger partial charge in [-0.3, -0.25) is 4.79 Å². The highest BCUT2D eigenvalue weighted by Gasteiger charge is 2.10. The maximum absolute atomic E-state index is 10.9. The highest BCUT2D eigenvalue weighted by Crippen LogP contribution is 2.17. The summed E-state index contributed by atoms with van der Waals surface area (Å²) in [6.07, 6.45) is 0.792. The minimum Gasteiger partial charge on any atom is -0.491 e. The quantitative estimate of drug-likeness (QED) is 0.758. The molecule has 20 heavy (non-hydrogen) atoms. The Kier molecular flexibility index (Phi) is 4.40. The number of benzene rings is 1. The first kappa shape index (κ1) is 14.1. The van der Waals surface area contributed by atoms with Crippen LogP contribution in [0.3, 0.4) is 0 Å². The first-order valence-electron chi connectivity index (χ1n) is 6.44. The second-order valence-corrected chi connectivity index (χ2v) is 4.56. The number of carbonyl (C=O) groups excluding carboxylic acids is 1. The first-order valence-corrected chi connectivity index (χ1v) is 6.44. The lowest BCUT2D eigenvalue weighted by molar-refractivity contribution is 0.111. The van der Waals surface area contributed by atoms with Gasteiger partial charge in [0.1, 0.15) is 18.1 Å². The van der Waals surface area contributed by atoms with Crippen molar-refractivity contribution < 1.29 is 13.9 Å². The van der Waals surface area contributed by atoms with Crippen molar-refractivity contribution in [2.45, 2.75) is 13.8 Å². The normalized spacial score (nSPS) is 10.3. The second kappa shape index (κ2) is 6.23. The lowest BCUT2D eigenvalue weighted by atomic mass is 10.2. The van der Waals surface area contributed by atoms with E-state index in [1.54, 1.807) is 18.2 Å². The maximum atomic E-state index is 10.9. The van der Waals surface area contributed by atoms with Gasteiger partial charge in [0.15, 0.2) is 6.29 Å². The van der Waals surface area contributed by atoms with E-state index in [0.29, 0.717) is 30.5 Å². The van der Waals surface area contributed by atoms with E-state index in [1.165, 1.54) is 0 Å². The van der Waals surface area contributed by atoms with Crippen LogP contribution in [0.2, 0.25) is 0 Å². The van der Waals surface area contributed by atoms with Gasteiger partial charge in [-0.05, 0) is 26.0 Å². The molecule has 1 heterocycles. The first-order chi connectivity index (χ1) is 9.61. The van der Waals surface area contributed by atoms with Gasteiger partial charge in [0, 0.05) is 7.05 Å². The van der Waals surface area contributed by atoms with E-state index in [2.05, 4.69) is 4.98 Å². The van der Waals surface area contributed by atoms with Crippen molar-refractivity contribution >= 4 is 12.3 Å². The van der Waals surface area contributed by atoms with Crippen LogP contribution in [0.4, 0.5) is 6.01 Å². The Morgan fingerprint density at radius 1 is 1.35 bits per heavy atom. The van der Waals surface area contributed by atoms with E-state index in [4.69, 9.17) is 9.15 Å². The number of para-hydroxylation sites is 1. The van der Waals surface area contributed by atoms with Crippen LogP contribution in [-0.4, -0.2) is 31.5 Å². The number of oxazole rings is 1. The molecule has 0 N–H and O–H groups in total. The Bertz CT molecular complexity index is 573. The molecule has 2 rings (SSSR count). The fraction of sp³-hybridized carbons (Fsp3) is 0.333. The van der Waals surface area contributed by atoms with Crippen LogP contribution >= 0.6 is 0 Å². The Labute approximate surface area is 118 Å². The van der Waals surface area contributed by atoms with Crippen LogP contribution in [-0.2, 0) is 0 Å². The summed E-state index contributed by atoms with van der Waals surface area (Å²) in [5.74, 6) is 1.41. The van der Waals surface area contributed by atoms with Gasteiger partial charge in [0.2, 0.25) is 0 Å². The molecular weight excluding hydrogens is 256 g/mol. The molecule has 0 fully saturated rings. The fourth-order valence-corrected chi connectivity index (χ4v) is 1.72. The fourth-order valence-electron chi connectivity index (χ4n) is 1.72. The smallest absolute Gasteiger partial charge is 0.297 e. The summed E-state index contributed by atoms with van der Waals surface area (Å²) in [6, 6.07) is 7.73. The highest BCUT2D eigenvalue weighted by atomic mass is 16.5. The van der Waals surface area contributed by atoms with Crippen molar-refractivity contribution in [3.63, 3.8) is 0 Å². The number of hydrogen-bond donors (Lipinski definition) is 0. The van der Waals surface area contributed by atoms with E-state index >= 15 is 0 Å². The number of likely N-dealkylation sites (N-methyl/N-ethyl adjacent to an activating group) is 1. The van der Waals surface area contributed by atoms with Gasteiger partial charge in [-0.2, -0.15) is 4.98 Å². The van der Waals surface area contributed by atoms with Crippen LogP contribution in [0.25, 0.3) is 0 Å². The number of aryl methyl sites for hydroxylation is 2. The van der Waals surface area contributed by atoms with Gasteiger partial charge in [0.25, 0.3) is 6.01 Å². The molecule has 2 aromatic rings. The summed E-state index contributed by atoms with van der Waals surface area (Å²) in [5, 5.41) is 0. The molecule has 0 radical (unpaired) electrons. The molecule has 5 nitrogen and oxygen atoms in total. The second-order valence-electron chi connectivity index (χ2n) is 4.56. The lowest BCUT2D eigenvalue weighted by Crippen LogP contribution is -2.24. The summed E-state index contributed by atoms with van der Waals surface area (Å²) >= 11 is 0. The zero-order valence-corrected chi connectivity index (χ0v) is 11.9. The predicted octanol–water partition coefficient (Wildman–Crippen LogP) is 2.62. The molecule has 1 aromatic heterocycles. The lowest BCUT2D eigenvalue weighted by Gasteiger charge is -2.15. The molecule has 0 saturated carbocycles. The predicted molar refractivity (Wildman–Crippen MR) is 76.6 cm³/mol. The molecule has 0 aliphatic carbocycles. The average molecular weight is 274 g/mol. The van der Waals surface area contributed by atoms with E-state index in [-0.39, 0.29) is 0 Å². The summed E-state index contributed by atoms with van der Waals surface area (Å²) < 4.78 is 11.1. The molecule has 0 aliphatic heterocycles. The third-order valence-corrected chi connectivity index (χ3v) is 3.07. The summed E-state index contributed by atoms with van der Waals surface area (Å²) in [6.45, 7) is 4.86. The summed E-state index contributed by atoms with van der Waals surface area (Å²) in [7, 11) is 1.89. The number of rotatable bonds is 6. The minimum atomic E-state index is 0.446. The van der Waals surface area contributed by atoms with Crippen molar-refractivity contribution in [1.29, 1.82) is 0 Å². The highest BCUT2D eigenvalue weighted by molar-refractivity contribution is 5.79. The number of ether oxygens (including phenoxy) is 1. The molecule has 0 bridgehead atoms. The number of hydrogen-bond acceptors (Lipinski definition) is 5. The third-order valence-electron chi connectivity index (χ3n) is 3.07. The molecule has 106 valence electrons. The Morgan fingerprint density at radius 2 is 2.10 bits per heavy atom. The number of nitrogens with zero attached hydrogens (tertiary/aromatic N) is 2. The molecular formula is C15H18N2O3. The molecule has 0 spiro atoms. The van der Waals surface area contributed by atoms with Crippen LogP contribution in [0.5, 0.6) is 5.75 Å². The Hall–Kier alpha value is -2.30. The van der Waals surface area contributed by atoms with Crippen LogP contribution in [0.1, 0.15) is 21.8 Å². The van der Waals surface area contributed by atoms with E-state index in [9.17, 15) is 4.79 Å². The van der Waals surface area contributed by atoms with Gasteiger partial charge >= 0.3 is 0 Å². The zero-order chi connectivity index (χ0) is 14.5. The molecule has 5 heteroatoms. The number of anilines is 1.